The molecule has 0 aliphatic carbocycles. The van der Waals surface area contributed by atoms with Gasteiger partial charge in [0.25, 0.3) is 0 Å². The van der Waals surface area contributed by atoms with Crippen LogP contribution in [0.3, 0.4) is 0 Å². The lowest BCUT2D eigenvalue weighted by Gasteiger charge is -2.41. The molecule has 2 aliphatic rings. The van der Waals surface area contributed by atoms with Crippen molar-refractivity contribution in [2.45, 2.75) is 55.3 Å². The fourth-order valence-corrected chi connectivity index (χ4v) is 4.39. The van der Waals surface area contributed by atoms with E-state index in [1.165, 1.54) is 0 Å². The van der Waals surface area contributed by atoms with Gasteiger partial charge in [0.15, 0.2) is 12.1 Å². The summed E-state index contributed by atoms with van der Waals surface area (Å²) in [5.41, 5.74) is 0.287. The minimum atomic E-state index is -1.76. The summed E-state index contributed by atoms with van der Waals surface area (Å²) in [7, 11) is 0. The topological polar surface area (TPSA) is 189 Å². The Morgan fingerprint density at radius 2 is 1.47 bits per heavy atom. The molecule has 2 fully saturated rings. The molecule has 5 rings (SSSR count). The molecule has 1 aromatic heterocycles. The monoisotopic (exact) mass is 532 g/mol. The van der Waals surface area contributed by atoms with Crippen molar-refractivity contribution in [3.05, 3.63) is 64.8 Å². The summed E-state index contributed by atoms with van der Waals surface area (Å²) < 4.78 is 28.1. The summed E-state index contributed by atoms with van der Waals surface area (Å²) in [6.07, 6.45) is -13.8. The van der Waals surface area contributed by atoms with Gasteiger partial charge in [0.05, 0.1) is 18.6 Å². The van der Waals surface area contributed by atoms with E-state index in [9.17, 15) is 35.4 Å². The Labute approximate surface area is 215 Å². The van der Waals surface area contributed by atoms with Crippen LogP contribution in [0, 0.1) is 0 Å². The average molecular weight is 532 g/mol. The molecule has 0 radical (unpaired) electrons. The zero-order chi connectivity index (χ0) is 27.0. The van der Waals surface area contributed by atoms with Crippen LogP contribution in [-0.4, -0.2) is 99.2 Å². The van der Waals surface area contributed by atoms with Crippen molar-refractivity contribution in [3.8, 4) is 17.1 Å². The maximum absolute atomic E-state index is 13.4. The molecule has 0 saturated carbocycles. The van der Waals surface area contributed by atoms with Crippen molar-refractivity contribution in [3.63, 3.8) is 0 Å². The third-order valence-corrected chi connectivity index (χ3v) is 6.57. The van der Waals surface area contributed by atoms with Crippen LogP contribution < -0.4 is 10.2 Å². The molecule has 0 amide bonds. The number of benzene rings is 2. The van der Waals surface area contributed by atoms with Crippen LogP contribution in [0.1, 0.15) is 0 Å². The Hall–Kier alpha value is -2.91. The predicted molar refractivity (Wildman–Crippen MR) is 129 cm³/mol. The van der Waals surface area contributed by atoms with E-state index in [-0.39, 0.29) is 23.5 Å². The van der Waals surface area contributed by atoms with Gasteiger partial charge in [-0.15, -0.1) is 0 Å². The first kappa shape index (κ1) is 26.7. The lowest BCUT2D eigenvalue weighted by molar-refractivity contribution is -0.307. The van der Waals surface area contributed by atoms with Gasteiger partial charge in [0.1, 0.15) is 48.3 Å². The van der Waals surface area contributed by atoms with Gasteiger partial charge < -0.3 is 54.0 Å². The van der Waals surface area contributed by atoms with E-state index in [4.69, 9.17) is 23.4 Å². The zero-order valence-electron chi connectivity index (χ0n) is 19.9. The van der Waals surface area contributed by atoms with Crippen LogP contribution in [-0.2, 0) is 14.2 Å². The molecule has 204 valence electrons. The van der Waals surface area contributed by atoms with Crippen molar-refractivity contribution in [2.24, 2.45) is 0 Å². The van der Waals surface area contributed by atoms with Gasteiger partial charge in [-0.25, -0.2) is 0 Å². The Bertz CT molecular complexity index is 1300. The third-order valence-electron chi connectivity index (χ3n) is 6.57. The first-order valence-corrected chi connectivity index (χ1v) is 12.0. The van der Waals surface area contributed by atoms with E-state index in [1.807, 2.05) is 0 Å². The van der Waals surface area contributed by atoms with E-state index >= 15 is 0 Å². The predicted octanol–water partition coefficient (Wildman–Crippen LogP) is -0.898. The maximum atomic E-state index is 13.4. The second-order valence-electron chi connectivity index (χ2n) is 9.17. The Morgan fingerprint density at radius 1 is 0.789 bits per heavy atom. The smallest absolute Gasteiger partial charge is 0.235 e. The average Bonchev–Trinajstić information content (AvgIpc) is 2.94. The number of ether oxygens (including phenoxy) is 4. The van der Waals surface area contributed by atoms with Gasteiger partial charge in [-0.1, -0.05) is 42.5 Å². The zero-order valence-corrected chi connectivity index (χ0v) is 19.9. The van der Waals surface area contributed by atoms with Gasteiger partial charge in [-0.05, 0) is 12.1 Å². The molecule has 0 bridgehead atoms. The molecule has 2 aromatic carbocycles. The van der Waals surface area contributed by atoms with Gasteiger partial charge >= 0.3 is 0 Å². The fraction of sp³-hybridized carbons (Fsp3) is 0.423. The minimum absolute atomic E-state index is 0.0739. The molecule has 9 atom stereocenters. The van der Waals surface area contributed by atoms with Crippen LogP contribution >= 0.6 is 0 Å². The van der Waals surface area contributed by atoms with Crippen LogP contribution in [0.2, 0.25) is 0 Å². The largest absolute Gasteiger partial charge is 0.454 e. The normalized spacial score (nSPS) is 33.8. The second-order valence-corrected chi connectivity index (χ2v) is 9.17. The van der Waals surface area contributed by atoms with Crippen molar-refractivity contribution >= 4 is 11.0 Å². The van der Waals surface area contributed by atoms with E-state index in [2.05, 4.69) is 0 Å². The highest BCUT2D eigenvalue weighted by atomic mass is 16.7. The van der Waals surface area contributed by atoms with Crippen LogP contribution in [0.15, 0.2) is 63.8 Å². The molecule has 0 spiro atoms. The number of aliphatic hydroxyl groups is 6. The quantitative estimate of drug-likeness (QED) is 0.230. The highest BCUT2D eigenvalue weighted by Gasteiger charge is 2.47. The summed E-state index contributed by atoms with van der Waals surface area (Å²) >= 11 is 0. The van der Waals surface area contributed by atoms with E-state index in [0.29, 0.717) is 11.1 Å². The van der Waals surface area contributed by atoms with E-state index in [1.54, 1.807) is 54.6 Å². The summed E-state index contributed by atoms with van der Waals surface area (Å²) in [6.45, 7) is -0.767. The first-order valence-electron chi connectivity index (χ1n) is 12.0. The summed E-state index contributed by atoms with van der Waals surface area (Å²) in [5, 5.41) is 61.3. The Morgan fingerprint density at radius 3 is 2.24 bits per heavy atom. The van der Waals surface area contributed by atoms with Gasteiger partial charge in [-0.3, -0.25) is 4.79 Å². The van der Waals surface area contributed by atoms with Gasteiger partial charge in [-0.2, -0.15) is 0 Å². The molecular formula is C26H28O12. The molecule has 38 heavy (non-hydrogen) atoms. The highest BCUT2D eigenvalue weighted by Crippen LogP contribution is 2.33. The molecule has 12 nitrogen and oxygen atoms in total. The molecule has 2 aliphatic heterocycles. The maximum Gasteiger partial charge on any atom is 0.235 e. The van der Waals surface area contributed by atoms with E-state index < -0.39 is 67.3 Å². The van der Waals surface area contributed by atoms with Gasteiger partial charge in [0.2, 0.25) is 17.5 Å². The lowest BCUT2D eigenvalue weighted by atomic mass is 9.99. The summed E-state index contributed by atoms with van der Waals surface area (Å²) in [5.74, 6) is -0.199. The molecular weight excluding hydrogens is 504 g/mol. The van der Waals surface area contributed by atoms with Crippen molar-refractivity contribution in [1.82, 2.24) is 0 Å². The summed E-state index contributed by atoms with van der Waals surface area (Å²) in [6, 6.07) is 15.2. The van der Waals surface area contributed by atoms with Crippen LogP contribution in [0.4, 0.5) is 0 Å². The number of rotatable bonds is 6. The summed E-state index contributed by atoms with van der Waals surface area (Å²) in [4.78, 5) is 13.4. The van der Waals surface area contributed by atoms with Crippen LogP contribution in [0.5, 0.6) is 5.75 Å². The number of hydrogen-bond donors (Lipinski definition) is 6. The Kier molecular flexibility index (Phi) is 7.77. The van der Waals surface area contributed by atoms with Crippen molar-refractivity contribution in [1.29, 1.82) is 0 Å². The van der Waals surface area contributed by atoms with Crippen molar-refractivity contribution in [2.75, 3.05) is 13.2 Å². The van der Waals surface area contributed by atoms with E-state index in [0.717, 1.165) is 0 Å². The fourth-order valence-electron chi connectivity index (χ4n) is 4.39. The molecule has 2 saturated heterocycles. The number of para-hydroxylation sites is 1. The first-order chi connectivity index (χ1) is 18.3. The highest BCUT2D eigenvalue weighted by molar-refractivity contribution is 5.81. The number of aliphatic hydroxyl groups excluding tert-OH is 6. The second kappa shape index (κ2) is 11.1. The van der Waals surface area contributed by atoms with Gasteiger partial charge in [0, 0.05) is 5.56 Å². The molecule has 3 aromatic rings. The number of hydrogen-bond acceptors (Lipinski definition) is 12. The van der Waals surface area contributed by atoms with Crippen LogP contribution in [0.25, 0.3) is 22.3 Å². The molecule has 6 N–H and O–H groups in total. The minimum Gasteiger partial charge on any atom is -0.454 e. The van der Waals surface area contributed by atoms with Crippen molar-refractivity contribution < 1.29 is 54.0 Å². The number of fused-ring (bicyclic) bond motifs is 1. The Balaban J connectivity index is 1.41. The molecule has 12 heteroatoms. The molecule has 3 heterocycles. The molecule has 2 unspecified atom stereocenters. The SMILES string of the molecule is O=c1c(OC2O[C@H](COC3OC[C@@H](O)[C@H](O)[C@H]3O)[C@@H](O)[C@H](O)[C@H]2O)c(-c2ccccc2)oc2ccccc12. The third kappa shape index (κ3) is 5.06. The standard InChI is InChI=1S/C26H28O12/c27-14-10-34-25(21(32)18(14)29)35-11-16-19(30)20(31)22(33)26(37-16)38-24-17(28)13-8-4-5-9-15(13)36-23(24)12-6-2-1-3-7-12/h1-9,14,16,18-22,25-27,29-33H,10-11H2/t14-,16-,18+,19-,20+,21-,22-,25?,26?/m1/s1. The lowest BCUT2D eigenvalue weighted by Crippen LogP contribution is -2.61.